The van der Waals surface area contributed by atoms with Crippen molar-refractivity contribution in [3.05, 3.63) is 64.1 Å². The van der Waals surface area contributed by atoms with Crippen LogP contribution < -0.4 is 5.32 Å². The number of benzene rings is 1. The zero-order chi connectivity index (χ0) is 20.8. The van der Waals surface area contributed by atoms with Gasteiger partial charge in [-0.2, -0.15) is 0 Å². The normalized spacial score (nSPS) is 15.0. The summed E-state index contributed by atoms with van der Waals surface area (Å²) in [6, 6.07) is 9.10. The highest BCUT2D eigenvalue weighted by Crippen LogP contribution is 2.31. The molecule has 0 spiro atoms. The highest BCUT2D eigenvalue weighted by molar-refractivity contribution is 8.17. The number of fused-ring (bicyclic) bond motifs is 1. The number of carbonyl (C=O) groups is 2. The van der Waals surface area contributed by atoms with Crippen LogP contribution in [0.15, 0.2) is 47.1 Å². The monoisotopic (exact) mass is 430 g/mol. The molecule has 0 bridgehead atoms. The molecule has 1 aliphatic heterocycles. The van der Waals surface area contributed by atoms with Gasteiger partial charge in [0.15, 0.2) is 0 Å². The summed E-state index contributed by atoms with van der Waals surface area (Å²) >= 11 is 7.15. The van der Waals surface area contributed by atoms with Gasteiger partial charge in [0.05, 0.1) is 6.54 Å². The predicted molar refractivity (Wildman–Crippen MR) is 117 cm³/mol. The first-order valence-electron chi connectivity index (χ1n) is 9.39. The average molecular weight is 431 g/mol. The minimum atomic E-state index is -0.0643. The van der Waals surface area contributed by atoms with Gasteiger partial charge in [-0.05, 0) is 32.0 Å². The molecule has 1 aromatic carbocycles. The number of amides is 1. The lowest BCUT2D eigenvalue weighted by Gasteiger charge is -2.28. The summed E-state index contributed by atoms with van der Waals surface area (Å²) in [5.41, 5.74) is 2.21. The van der Waals surface area contributed by atoms with Crippen molar-refractivity contribution in [2.45, 2.75) is 33.2 Å². The number of hydrogen-bond acceptors (Lipinski definition) is 6. The molecule has 0 fully saturated rings. The molecular formula is C21H23ClN4O2S. The number of allylic oxidation sites excluding steroid dienone is 2. The predicted octanol–water partition coefficient (Wildman–Crippen LogP) is 4.36. The van der Waals surface area contributed by atoms with Crippen molar-refractivity contribution in [2.75, 3.05) is 17.7 Å². The summed E-state index contributed by atoms with van der Waals surface area (Å²) in [6.07, 6.45) is 2.59. The Kier molecular flexibility index (Phi) is 7.28. The minimum absolute atomic E-state index is 0.0129. The second-order valence-electron chi connectivity index (χ2n) is 6.65. The highest BCUT2D eigenvalue weighted by atomic mass is 35.5. The topological polar surface area (TPSA) is 75.2 Å². The van der Waals surface area contributed by atoms with Crippen molar-refractivity contribution in [1.82, 2.24) is 14.9 Å². The Morgan fingerprint density at radius 1 is 1.31 bits per heavy atom. The van der Waals surface area contributed by atoms with Gasteiger partial charge in [0.2, 0.25) is 11.0 Å². The van der Waals surface area contributed by atoms with Crippen molar-refractivity contribution >= 4 is 40.2 Å². The van der Waals surface area contributed by atoms with Gasteiger partial charge in [0.25, 0.3) is 0 Å². The first-order valence-corrected chi connectivity index (χ1v) is 10.7. The van der Waals surface area contributed by atoms with Gasteiger partial charge < -0.3 is 10.2 Å². The van der Waals surface area contributed by atoms with E-state index in [4.69, 9.17) is 11.6 Å². The van der Waals surface area contributed by atoms with Crippen LogP contribution in [0.1, 0.15) is 41.5 Å². The number of thioether (sulfide) groups is 1. The second-order valence-corrected chi connectivity index (χ2v) is 8.10. The van der Waals surface area contributed by atoms with E-state index in [1.54, 1.807) is 23.2 Å². The average Bonchev–Trinajstić information content (AvgIpc) is 2.71. The van der Waals surface area contributed by atoms with Crippen molar-refractivity contribution in [2.24, 2.45) is 0 Å². The molecule has 0 saturated carbocycles. The van der Waals surface area contributed by atoms with E-state index in [-0.39, 0.29) is 11.0 Å². The van der Waals surface area contributed by atoms with Crippen LogP contribution in [0, 0.1) is 6.92 Å². The third-order valence-electron chi connectivity index (χ3n) is 4.60. The lowest BCUT2D eigenvalue weighted by atomic mass is 10.2. The first-order chi connectivity index (χ1) is 14.0. The molecule has 29 heavy (non-hydrogen) atoms. The van der Waals surface area contributed by atoms with E-state index in [2.05, 4.69) is 15.3 Å². The fourth-order valence-electron chi connectivity index (χ4n) is 3.04. The highest BCUT2D eigenvalue weighted by Gasteiger charge is 2.24. The van der Waals surface area contributed by atoms with Crippen LogP contribution in [0.3, 0.4) is 0 Å². The van der Waals surface area contributed by atoms with Gasteiger partial charge in [0, 0.05) is 46.8 Å². The molecule has 1 aliphatic rings. The molecule has 2 aromatic rings. The number of carbonyl (C=O) groups excluding carboxylic acids is 2. The maximum atomic E-state index is 12.8. The summed E-state index contributed by atoms with van der Waals surface area (Å²) in [5.74, 6) is 1.77. The lowest BCUT2D eigenvalue weighted by molar-refractivity contribution is -0.129. The van der Waals surface area contributed by atoms with Crippen LogP contribution >= 0.6 is 23.4 Å². The molecule has 0 atom stereocenters. The number of nitrogens with one attached hydrogen (secondary N) is 1. The summed E-state index contributed by atoms with van der Waals surface area (Å²) in [7, 11) is 0. The van der Waals surface area contributed by atoms with Crippen molar-refractivity contribution in [3.8, 4) is 0 Å². The standard InChI is InChI=1S/C21H23ClN4O2S/c1-14(18(8-10-22)29-21(28)16-6-4-3-5-7-16)26-13-17-12-24-15(2)25-20(17)23-11-9-19(26)27/h3-7,12H,8-11,13H2,1-2H3,(H,23,24,25)/b18-14-. The van der Waals surface area contributed by atoms with Gasteiger partial charge in [-0.1, -0.05) is 30.3 Å². The Morgan fingerprint density at radius 2 is 2.07 bits per heavy atom. The van der Waals surface area contributed by atoms with Crippen LogP contribution in [-0.4, -0.2) is 38.3 Å². The van der Waals surface area contributed by atoms with E-state index in [9.17, 15) is 9.59 Å². The number of alkyl halides is 1. The number of aromatic nitrogens is 2. The summed E-state index contributed by atoms with van der Waals surface area (Å²) in [5, 5.41) is 3.14. The van der Waals surface area contributed by atoms with E-state index in [0.29, 0.717) is 43.2 Å². The first kappa shape index (κ1) is 21.3. The van der Waals surface area contributed by atoms with Gasteiger partial charge in [-0.25, -0.2) is 9.97 Å². The van der Waals surface area contributed by atoms with Crippen LogP contribution in [0.4, 0.5) is 5.82 Å². The maximum Gasteiger partial charge on any atom is 0.228 e. The number of hydrogen-bond donors (Lipinski definition) is 1. The lowest BCUT2D eigenvalue weighted by Crippen LogP contribution is -2.33. The molecule has 8 heteroatoms. The Bertz CT molecular complexity index is 934. The summed E-state index contributed by atoms with van der Waals surface area (Å²) in [6.45, 7) is 4.54. The number of aryl methyl sites for hydroxylation is 1. The number of halogens is 1. The molecule has 1 aromatic heterocycles. The molecule has 0 aliphatic carbocycles. The zero-order valence-corrected chi connectivity index (χ0v) is 18.0. The summed E-state index contributed by atoms with van der Waals surface area (Å²) in [4.78, 5) is 36.8. The number of anilines is 1. The molecule has 152 valence electrons. The van der Waals surface area contributed by atoms with Gasteiger partial charge in [0.1, 0.15) is 11.6 Å². The van der Waals surface area contributed by atoms with Crippen LogP contribution in [0.5, 0.6) is 0 Å². The molecule has 3 rings (SSSR count). The number of nitrogens with zero attached hydrogens (tertiary/aromatic N) is 3. The Hall–Kier alpha value is -2.38. The van der Waals surface area contributed by atoms with Crippen molar-refractivity contribution < 1.29 is 9.59 Å². The molecule has 6 nitrogen and oxygen atoms in total. The van der Waals surface area contributed by atoms with Gasteiger partial charge in [-0.3, -0.25) is 9.59 Å². The molecule has 2 heterocycles. The Morgan fingerprint density at radius 3 is 2.79 bits per heavy atom. The molecule has 1 amide bonds. The van der Waals surface area contributed by atoms with E-state index in [1.165, 1.54) is 0 Å². The third-order valence-corrected chi connectivity index (χ3v) is 5.96. The zero-order valence-electron chi connectivity index (χ0n) is 16.4. The largest absolute Gasteiger partial charge is 0.369 e. The van der Waals surface area contributed by atoms with Crippen molar-refractivity contribution in [1.29, 1.82) is 0 Å². The minimum Gasteiger partial charge on any atom is -0.369 e. The molecular weight excluding hydrogens is 408 g/mol. The molecule has 0 radical (unpaired) electrons. The quantitative estimate of drug-likeness (QED) is 0.710. The van der Waals surface area contributed by atoms with E-state index in [1.807, 2.05) is 32.0 Å². The molecule has 1 N–H and O–H groups in total. The Balaban J connectivity index is 1.92. The fourth-order valence-corrected chi connectivity index (χ4v) is 4.28. The SMILES string of the molecule is C/C(=C(\CCCl)SC(=O)c1ccccc1)N1Cc2cnc(C)nc2NCCC1=O. The van der Waals surface area contributed by atoms with Gasteiger partial charge >= 0.3 is 0 Å². The van der Waals surface area contributed by atoms with Gasteiger partial charge in [-0.15, -0.1) is 11.6 Å². The number of rotatable bonds is 5. The summed E-state index contributed by atoms with van der Waals surface area (Å²) < 4.78 is 0. The van der Waals surface area contributed by atoms with E-state index in [0.717, 1.165) is 33.7 Å². The van der Waals surface area contributed by atoms with E-state index < -0.39 is 0 Å². The van der Waals surface area contributed by atoms with Crippen LogP contribution in [-0.2, 0) is 11.3 Å². The molecule has 0 unspecified atom stereocenters. The van der Waals surface area contributed by atoms with Crippen molar-refractivity contribution in [3.63, 3.8) is 0 Å². The van der Waals surface area contributed by atoms with Crippen LogP contribution in [0.25, 0.3) is 0 Å². The van der Waals surface area contributed by atoms with E-state index >= 15 is 0 Å². The Labute approximate surface area is 179 Å². The maximum absolute atomic E-state index is 12.8. The fraction of sp³-hybridized carbons (Fsp3) is 0.333. The second kappa shape index (κ2) is 9.89. The molecule has 0 saturated heterocycles. The van der Waals surface area contributed by atoms with Crippen LogP contribution in [0.2, 0.25) is 0 Å². The third kappa shape index (κ3) is 5.36. The smallest absolute Gasteiger partial charge is 0.228 e.